The molecule has 3 aliphatic heterocycles. The summed E-state index contributed by atoms with van der Waals surface area (Å²) in [6.45, 7) is 3.78. The quantitative estimate of drug-likeness (QED) is 0.296. The first-order valence-electron chi connectivity index (χ1n) is 13.5. The molecule has 10 nitrogen and oxygen atoms in total. The van der Waals surface area contributed by atoms with Gasteiger partial charge in [-0.15, -0.1) is 0 Å². The molecule has 0 saturated carbocycles. The number of ketones is 1. The number of sulfonamides is 1. The smallest absolute Gasteiger partial charge is 0.296 e. The van der Waals surface area contributed by atoms with Crippen molar-refractivity contribution in [2.45, 2.75) is 36.6 Å². The maximum absolute atomic E-state index is 14.2. The van der Waals surface area contributed by atoms with Crippen LogP contribution in [0.4, 0.5) is 5.69 Å². The largest absolute Gasteiger partial charge is 0.507 e. The van der Waals surface area contributed by atoms with E-state index < -0.39 is 38.9 Å². The van der Waals surface area contributed by atoms with E-state index in [1.165, 1.54) is 38.4 Å². The molecular formula is C29H34N4O6S. The molecule has 3 aliphatic rings. The van der Waals surface area contributed by atoms with Crippen LogP contribution in [0.5, 0.6) is 0 Å². The van der Waals surface area contributed by atoms with Gasteiger partial charge in [-0.2, -0.15) is 4.31 Å². The fourth-order valence-corrected chi connectivity index (χ4v) is 7.55. The van der Waals surface area contributed by atoms with Crippen molar-refractivity contribution in [1.82, 2.24) is 14.1 Å². The number of rotatable bonds is 8. The number of benzene rings is 2. The monoisotopic (exact) mass is 566 g/mol. The van der Waals surface area contributed by atoms with Crippen LogP contribution in [0.15, 0.2) is 59.0 Å². The van der Waals surface area contributed by atoms with Crippen LogP contribution in [-0.4, -0.2) is 92.0 Å². The van der Waals surface area contributed by atoms with E-state index in [1.807, 2.05) is 25.9 Å². The zero-order chi connectivity index (χ0) is 28.8. The Morgan fingerprint density at radius 3 is 2.27 bits per heavy atom. The van der Waals surface area contributed by atoms with Crippen molar-refractivity contribution >= 4 is 39.1 Å². The number of anilines is 1. The number of likely N-dealkylation sites (N-methyl/N-ethyl adjacent to an activating group) is 1. The molecule has 40 heavy (non-hydrogen) atoms. The zero-order valence-electron chi connectivity index (χ0n) is 23.0. The number of carbonyl (C=O) groups excluding carboxylic acids is 3. The van der Waals surface area contributed by atoms with Crippen LogP contribution in [0.2, 0.25) is 0 Å². The molecule has 0 bridgehead atoms. The SMILES string of the molecule is CCN1C(=O)C2(/C(=C(/O)c3ccc(S(=O)(=O)N4CCCC4)cc3)C(=O)C(=O)N2CCCN(C)C)c2ccccc21. The predicted octanol–water partition coefficient (Wildman–Crippen LogP) is 2.37. The minimum absolute atomic E-state index is 0.0734. The van der Waals surface area contributed by atoms with Crippen molar-refractivity contribution < 1.29 is 27.9 Å². The highest BCUT2D eigenvalue weighted by Gasteiger charge is 2.66. The molecule has 5 rings (SSSR count). The fraction of sp³-hybridized carbons (Fsp3) is 0.414. The van der Waals surface area contributed by atoms with Crippen molar-refractivity contribution in [2.75, 3.05) is 51.7 Å². The summed E-state index contributed by atoms with van der Waals surface area (Å²) in [5, 5.41) is 11.6. The molecule has 1 spiro atoms. The molecular weight excluding hydrogens is 532 g/mol. The molecule has 2 amide bonds. The van der Waals surface area contributed by atoms with Gasteiger partial charge in [0.2, 0.25) is 10.0 Å². The van der Waals surface area contributed by atoms with E-state index in [-0.39, 0.29) is 22.6 Å². The average Bonchev–Trinajstić information content (AvgIpc) is 3.62. The van der Waals surface area contributed by atoms with Crippen molar-refractivity contribution in [2.24, 2.45) is 0 Å². The first-order valence-corrected chi connectivity index (χ1v) is 15.0. The number of carbonyl (C=O) groups is 3. The molecule has 0 radical (unpaired) electrons. The maximum atomic E-state index is 14.2. The fourth-order valence-electron chi connectivity index (χ4n) is 6.03. The summed E-state index contributed by atoms with van der Waals surface area (Å²) in [5.41, 5.74) is -0.942. The first-order chi connectivity index (χ1) is 19.1. The third-order valence-corrected chi connectivity index (χ3v) is 9.86. The zero-order valence-corrected chi connectivity index (χ0v) is 23.8. The second-order valence-corrected chi connectivity index (χ2v) is 12.5. The molecule has 2 aromatic rings. The molecule has 2 fully saturated rings. The van der Waals surface area contributed by atoms with Gasteiger partial charge in [-0.3, -0.25) is 14.4 Å². The van der Waals surface area contributed by atoms with Gasteiger partial charge < -0.3 is 19.8 Å². The van der Waals surface area contributed by atoms with Crippen molar-refractivity contribution in [3.8, 4) is 0 Å². The number of para-hydroxylation sites is 1. The predicted molar refractivity (Wildman–Crippen MR) is 150 cm³/mol. The summed E-state index contributed by atoms with van der Waals surface area (Å²) in [5.74, 6) is -2.79. The van der Waals surface area contributed by atoms with Crippen molar-refractivity contribution in [3.05, 3.63) is 65.2 Å². The van der Waals surface area contributed by atoms with Gasteiger partial charge in [0.25, 0.3) is 17.6 Å². The number of fused-ring (bicyclic) bond motifs is 2. The lowest BCUT2D eigenvalue weighted by atomic mass is 9.82. The average molecular weight is 567 g/mol. The van der Waals surface area contributed by atoms with Crippen LogP contribution < -0.4 is 4.90 Å². The summed E-state index contributed by atoms with van der Waals surface area (Å²) in [6, 6.07) is 12.6. The topological polar surface area (TPSA) is 119 Å². The Hall–Kier alpha value is -3.54. The number of aliphatic hydroxyl groups excluding tert-OH is 1. The number of nitrogens with zero attached hydrogens (tertiary/aromatic N) is 4. The van der Waals surface area contributed by atoms with E-state index in [0.29, 0.717) is 43.9 Å². The highest BCUT2D eigenvalue weighted by Crippen LogP contribution is 2.53. The Kier molecular flexibility index (Phi) is 7.32. The lowest BCUT2D eigenvalue weighted by Crippen LogP contribution is -2.52. The third kappa shape index (κ3) is 4.15. The van der Waals surface area contributed by atoms with Crippen LogP contribution in [0, 0.1) is 0 Å². The van der Waals surface area contributed by atoms with Crippen LogP contribution in [0.1, 0.15) is 37.3 Å². The Bertz CT molecular complexity index is 1490. The lowest BCUT2D eigenvalue weighted by molar-refractivity contribution is -0.143. The third-order valence-electron chi connectivity index (χ3n) is 7.94. The summed E-state index contributed by atoms with van der Waals surface area (Å²) in [6.07, 6.45) is 2.11. The molecule has 2 aromatic carbocycles. The minimum atomic E-state index is -3.69. The molecule has 1 N–H and O–H groups in total. The Labute approximate surface area is 234 Å². The van der Waals surface area contributed by atoms with E-state index in [4.69, 9.17) is 0 Å². The molecule has 212 valence electrons. The minimum Gasteiger partial charge on any atom is -0.507 e. The highest BCUT2D eigenvalue weighted by molar-refractivity contribution is 7.89. The van der Waals surface area contributed by atoms with E-state index in [9.17, 15) is 27.9 Å². The Morgan fingerprint density at radius 1 is 1.00 bits per heavy atom. The number of aliphatic hydroxyl groups is 1. The van der Waals surface area contributed by atoms with Crippen LogP contribution in [0.25, 0.3) is 5.76 Å². The van der Waals surface area contributed by atoms with Crippen LogP contribution >= 0.6 is 0 Å². The molecule has 11 heteroatoms. The number of hydrogen-bond donors (Lipinski definition) is 1. The second-order valence-electron chi connectivity index (χ2n) is 10.6. The van der Waals surface area contributed by atoms with Crippen molar-refractivity contribution in [3.63, 3.8) is 0 Å². The van der Waals surface area contributed by atoms with E-state index in [2.05, 4.69) is 0 Å². The van der Waals surface area contributed by atoms with Gasteiger partial charge in [0.15, 0.2) is 5.54 Å². The van der Waals surface area contributed by atoms with Gasteiger partial charge in [-0.25, -0.2) is 8.42 Å². The summed E-state index contributed by atoms with van der Waals surface area (Å²) in [4.78, 5) is 46.3. The Morgan fingerprint density at radius 2 is 1.65 bits per heavy atom. The highest BCUT2D eigenvalue weighted by atomic mass is 32.2. The summed E-state index contributed by atoms with van der Waals surface area (Å²) in [7, 11) is 0.104. The maximum Gasteiger partial charge on any atom is 0.296 e. The lowest BCUT2D eigenvalue weighted by Gasteiger charge is -2.34. The molecule has 0 aromatic heterocycles. The number of Topliss-reactive ketones (excluding diaryl/α,β-unsaturated/α-hetero) is 1. The number of amides is 2. The van der Waals surface area contributed by atoms with Gasteiger partial charge in [0.1, 0.15) is 5.76 Å². The molecule has 1 unspecified atom stereocenters. The van der Waals surface area contributed by atoms with E-state index in [1.54, 1.807) is 24.3 Å². The van der Waals surface area contributed by atoms with Gasteiger partial charge >= 0.3 is 0 Å². The second kappa shape index (κ2) is 10.5. The number of likely N-dealkylation sites (tertiary alicyclic amines) is 1. The molecule has 0 aliphatic carbocycles. The van der Waals surface area contributed by atoms with Crippen LogP contribution in [-0.2, 0) is 29.9 Å². The van der Waals surface area contributed by atoms with Gasteiger partial charge in [-0.05, 0) is 77.2 Å². The van der Waals surface area contributed by atoms with Crippen LogP contribution in [0.3, 0.4) is 0 Å². The van der Waals surface area contributed by atoms with Gasteiger partial charge in [0.05, 0.1) is 16.2 Å². The van der Waals surface area contributed by atoms with Gasteiger partial charge in [0, 0.05) is 37.3 Å². The van der Waals surface area contributed by atoms with Crippen molar-refractivity contribution in [1.29, 1.82) is 0 Å². The number of hydrogen-bond acceptors (Lipinski definition) is 7. The van der Waals surface area contributed by atoms with E-state index in [0.717, 1.165) is 12.8 Å². The molecule has 3 heterocycles. The molecule has 1 atom stereocenters. The Balaban J connectivity index is 1.66. The van der Waals surface area contributed by atoms with Gasteiger partial charge in [-0.1, -0.05) is 18.2 Å². The first kappa shape index (κ1) is 28.0. The summed E-state index contributed by atoms with van der Waals surface area (Å²) < 4.78 is 27.4. The standard InChI is InChI=1S/C29H34N4O6S/c1-4-32-23-11-6-5-10-22(23)29(28(32)37)24(26(35)27(36)33(29)19-9-16-30(2)3)25(34)20-12-14-21(15-13-20)40(38,39)31-17-7-8-18-31/h5-6,10-15,34H,4,7-9,16-19H2,1-3H3/b25-24+. The van der Waals surface area contributed by atoms with E-state index >= 15 is 0 Å². The summed E-state index contributed by atoms with van der Waals surface area (Å²) >= 11 is 0. The molecule has 2 saturated heterocycles. The normalized spacial score (nSPS) is 22.8.